The van der Waals surface area contributed by atoms with Crippen LogP contribution in [0.25, 0.3) is 0 Å². The lowest BCUT2D eigenvalue weighted by Crippen LogP contribution is -2.59. The summed E-state index contributed by atoms with van der Waals surface area (Å²) in [6, 6.07) is 1.38. The molecule has 1 aliphatic rings. The maximum Gasteiger partial charge on any atom is 0.0589 e. The van der Waals surface area contributed by atoms with E-state index in [9.17, 15) is 0 Å². The summed E-state index contributed by atoms with van der Waals surface area (Å²) in [6.45, 7) is 11.0. The molecule has 0 aromatic rings. The van der Waals surface area contributed by atoms with E-state index < -0.39 is 0 Å². The average molecular weight is 256 g/mol. The highest BCUT2D eigenvalue weighted by atomic mass is 16.5. The summed E-state index contributed by atoms with van der Waals surface area (Å²) >= 11 is 0. The number of methoxy groups -OCH3 is 1. The molecule has 1 saturated carbocycles. The maximum atomic E-state index is 6.54. The van der Waals surface area contributed by atoms with Gasteiger partial charge in [0, 0.05) is 31.8 Å². The van der Waals surface area contributed by atoms with Crippen molar-refractivity contribution >= 4 is 0 Å². The second-order valence-electron chi connectivity index (χ2n) is 6.46. The molecule has 3 unspecified atom stereocenters. The average Bonchev–Trinajstić information content (AvgIpc) is 2.34. The fourth-order valence-corrected chi connectivity index (χ4v) is 3.15. The zero-order chi connectivity index (χ0) is 13.8. The van der Waals surface area contributed by atoms with Gasteiger partial charge in [-0.25, -0.2) is 0 Å². The van der Waals surface area contributed by atoms with Crippen LogP contribution in [0.2, 0.25) is 0 Å². The van der Waals surface area contributed by atoms with E-state index >= 15 is 0 Å². The van der Waals surface area contributed by atoms with E-state index in [1.807, 2.05) is 0 Å². The largest absolute Gasteiger partial charge is 0.383 e. The fourth-order valence-electron chi connectivity index (χ4n) is 3.15. The molecule has 3 nitrogen and oxygen atoms in total. The Morgan fingerprint density at radius 2 is 2.11 bits per heavy atom. The molecule has 0 aromatic carbocycles. The van der Waals surface area contributed by atoms with E-state index in [1.165, 1.54) is 25.7 Å². The van der Waals surface area contributed by atoms with E-state index in [4.69, 9.17) is 10.5 Å². The quantitative estimate of drug-likeness (QED) is 0.794. The van der Waals surface area contributed by atoms with Crippen LogP contribution in [-0.4, -0.2) is 43.3 Å². The molecule has 0 aliphatic heterocycles. The van der Waals surface area contributed by atoms with Crippen LogP contribution in [-0.2, 0) is 4.74 Å². The first-order valence-electron chi connectivity index (χ1n) is 7.44. The van der Waals surface area contributed by atoms with Crippen LogP contribution in [0.4, 0.5) is 0 Å². The molecular formula is C15H32N2O. The number of hydrogen-bond donors (Lipinski definition) is 1. The van der Waals surface area contributed by atoms with Crippen molar-refractivity contribution in [1.82, 2.24) is 4.90 Å². The molecule has 1 aliphatic carbocycles. The van der Waals surface area contributed by atoms with E-state index in [0.29, 0.717) is 12.1 Å². The zero-order valence-corrected chi connectivity index (χ0v) is 12.9. The summed E-state index contributed by atoms with van der Waals surface area (Å²) < 4.78 is 5.26. The lowest BCUT2D eigenvalue weighted by molar-refractivity contribution is 0.0248. The van der Waals surface area contributed by atoms with E-state index in [-0.39, 0.29) is 11.5 Å². The molecule has 0 bridgehead atoms. The predicted octanol–water partition coefficient (Wildman–Crippen LogP) is 2.64. The first-order valence-corrected chi connectivity index (χ1v) is 7.44. The van der Waals surface area contributed by atoms with Crippen molar-refractivity contribution in [3.8, 4) is 0 Å². The van der Waals surface area contributed by atoms with Crippen molar-refractivity contribution in [3.63, 3.8) is 0 Å². The summed E-state index contributed by atoms with van der Waals surface area (Å²) in [5, 5.41) is 0. The van der Waals surface area contributed by atoms with Gasteiger partial charge in [-0.05, 0) is 31.6 Å². The van der Waals surface area contributed by atoms with Crippen LogP contribution in [0.1, 0.15) is 53.4 Å². The van der Waals surface area contributed by atoms with Crippen LogP contribution in [0, 0.1) is 5.41 Å². The molecule has 2 N–H and O–H groups in total. The molecule has 108 valence electrons. The molecule has 3 atom stereocenters. The lowest BCUT2D eigenvalue weighted by Gasteiger charge is -2.48. The highest BCUT2D eigenvalue weighted by Crippen LogP contribution is 2.37. The molecule has 0 saturated heterocycles. The topological polar surface area (TPSA) is 38.5 Å². The van der Waals surface area contributed by atoms with Gasteiger partial charge in [-0.3, -0.25) is 4.90 Å². The van der Waals surface area contributed by atoms with E-state index in [0.717, 1.165) is 13.2 Å². The summed E-state index contributed by atoms with van der Waals surface area (Å²) in [4.78, 5) is 2.58. The number of ether oxygens (including phenoxy) is 1. The summed E-state index contributed by atoms with van der Waals surface area (Å²) in [6.07, 6.45) is 4.96. The third-order valence-corrected chi connectivity index (χ3v) is 4.77. The molecule has 0 radical (unpaired) electrons. The molecule has 3 heteroatoms. The third-order valence-electron chi connectivity index (χ3n) is 4.77. The Bertz CT molecular complexity index is 243. The van der Waals surface area contributed by atoms with Gasteiger partial charge in [-0.15, -0.1) is 0 Å². The van der Waals surface area contributed by atoms with Crippen molar-refractivity contribution in [2.24, 2.45) is 11.1 Å². The highest BCUT2D eigenvalue weighted by molar-refractivity contribution is 4.97. The molecule has 1 fully saturated rings. The van der Waals surface area contributed by atoms with Gasteiger partial charge < -0.3 is 10.5 Å². The second-order valence-corrected chi connectivity index (χ2v) is 6.46. The SMILES string of the molecule is CCC(C)N(CCOC)C1CCCC(C)(C)C1N. The molecular weight excluding hydrogens is 224 g/mol. The molecule has 1 rings (SSSR count). The van der Waals surface area contributed by atoms with Crippen LogP contribution < -0.4 is 5.73 Å². The molecule has 0 aromatic heterocycles. The van der Waals surface area contributed by atoms with Gasteiger partial charge in [-0.2, -0.15) is 0 Å². The number of nitrogens with zero attached hydrogens (tertiary/aromatic N) is 1. The van der Waals surface area contributed by atoms with Gasteiger partial charge in [0.1, 0.15) is 0 Å². The molecule has 18 heavy (non-hydrogen) atoms. The third kappa shape index (κ3) is 3.69. The monoisotopic (exact) mass is 256 g/mol. The smallest absolute Gasteiger partial charge is 0.0589 e. The van der Waals surface area contributed by atoms with Crippen molar-refractivity contribution in [3.05, 3.63) is 0 Å². The zero-order valence-electron chi connectivity index (χ0n) is 12.9. The van der Waals surface area contributed by atoms with Crippen LogP contribution >= 0.6 is 0 Å². The summed E-state index contributed by atoms with van der Waals surface area (Å²) in [7, 11) is 1.78. The molecule has 0 spiro atoms. The highest BCUT2D eigenvalue weighted by Gasteiger charge is 2.39. The predicted molar refractivity (Wildman–Crippen MR) is 77.7 cm³/mol. The Morgan fingerprint density at radius 3 is 2.67 bits per heavy atom. The fraction of sp³-hybridized carbons (Fsp3) is 1.00. The first kappa shape index (κ1) is 15.9. The van der Waals surface area contributed by atoms with Gasteiger partial charge in [0.2, 0.25) is 0 Å². The van der Waals surface area contributed by atoms with Gasteiger partial charge >= 0.3 is 0 Å². The first-order chi connectivity index (χ1) is 8.44. The Morgan fingerprint density at radius 1 is 1.44 bits per heavy atom. The van der Waals surface area contributed by atoms with Crippen molar-refractivity contribution in [1.29, 1.82) is 0 Å². The van der Waals surface area contributed by atoms with Gasteiger partial charge in [-0.1, -0.05) is 27.2 Å². The number of nitrogens with two attached hydrogens (primary N) is 1. The number of hydrogen-bond acceptors (Lipinski definition) is 3. The van der Waals surface area contributed by atoms with Crippen LogP contribution in [0.5, 0.6) is 0 Å². The minimum atomic E-state index is 0.266. The van der Waals surface area contributed by atoms with E-state index in [2.05, 4.69) is 32.6 Å². The Balaban J connectivity index is 2.76. The van der Waals surface area contributed by atoms with Crippen molar-refractivity contribution < 1.29 is 4.74 Å². The van der Waals surface area contributed by atoms with Gasteiger partial charge in [0.25, 0.3) is 0 Å². The van der Waals surface area contributed by atoms with Crippen molar-refractivity contribution in [2.45, 2.75) is 71.5 Å². The lowest BCUT2D eigenvalue weighted by atomic mass is 9.70. The Labute approximate surface area is 113 Å². The van der Waals surface area contributed by atoms with Crippen LogP contribution in [0.15, 0.2) is 0 Å². The Hall–Kier alpha value is -0.120. The minimum absolute atomic E-state index is 0.266. The van der Waals surface area contributed by atoms with Crippen LogP contribution in [0.3, 0.4) is 0 Å². The summed E-state index contributed by atoms with van der Waals surface area (Å²) in [5.74, 6) is 0. The van der Waals surface area contributed by atoms with E-state index in [1.54, 1.807) is 7.11 Å². The van der Waals surface area contributed by atoms with Gasteiger partial charge in [0.15, 0.2) is 0 Å². The maximum absolute atomic E-state index is 6.54. The van der Waals surface area contributed by atoms with Crippen molar-refractivity contribution in [2.75, 3.05) is 20.3 Å². The van der Waals surface area contributed by atoms with Gasteiger partial charge in [0.05, 0.1) is 6.61 Å². The molecule has 0 heterocycles. The normalized spacial score (nSPS) is 29.5. The molecule has 0 amide bonds. The standard InChI is InChI=1S/C15H32N2O/c1-6-12(2)17(10-11-18-5)13-8-7-9-15(3,4)14(13)16/h12-14H,6-11,16H2,1-5H3. The second kappa shape index (κ2) is 6.88. The summed E-state index contributed by atoms with van der Waals surface area (Å²) in [5.41, 5.74) is 6.80. The number of rotatable bonds is 6. The minimum Gasteiger partial charge on any atom is -0.383 e. The Kier molecular flexibility index (Phi) is 6.09.